The van der Waals surface area contributed by atoms with Crippen LogP contribution in [0.2, 0.25) is 0 Å². The molecular weight excluding hydrogens is 281 g/mol. The molecule has 1 aromatic carbocycles. The summed E-state index contributed by atoms with van der Waals surface area (Å²) in [4.78, 5) is 9.92. The third kappa shape index (κ3) is 4.07. The maximum atomic E-state index is 12.5. The highest BCUT2D eigenvalue weighted by atomic mass is 19.4. The minimum absolute atomic E-state index is 0.0503. The number of nitro benzene ring substituents is 1. The highest BCUT2D eigenvalue weighted by Gasteiger charge is 2.33. The van der Waals surface area contributed by atoms with Gasteiger partial charge >= 0.3 is 6.18 Å². The van der Waals surface area contributed by atoms with Gasteiger partial charge in [-0.15, -0.1) is 0 Å². The molecule has 1 aromatic rings. The zero-order valence-corrected chi connectivity index (χ0v) is 10.5. The van der Waals surface area contributed by atoms with Crippen molar-refractivity contribution in [2.45, 2.75) is 12.2 Å². The summed E-state index contributed by atoms with van der Waals surface area (Å²) in [7, 11) is 1.37. The maximum Gasteiger partial charge on any atom is 0.416 e. The molecule has 0 aliphatic rings. The van der Waals surface area contributed by atoms with Gasteiger partial charge in [0.2, 0.25) is 0 Å². The van der Waals surface area contributed by atoms with E-state index in [2.05, 4.69) is 5.32 Å². The van der Waals surface area contributed by atoms with Crippen molar-refractivity contribution in [3.8, 4) is 0 Å². The molecule has 0 aliphatic heterocycles. The molecule has 1 unspecified atom stereocenters. The van der Waals surface area contributed by atoms with Crippen LogP contribution >= 0.6 is 0 Å². The molecule has 0 heterocycles. The van der Waals surface area contributed by atoms with Crippen LogP contribution in [0.3, 0.4) is 0 Å². The number of hydrogen-bond donors (Lipinski definition) is 2. The van der Waals surface area contributed by atoms with Gasteiger partial charge in [-0.3, -0.25) is 10.1 Å². The normalized spacial score (nSPS) is 13.1. The third-order valence-corrected chi connectivity index (χ3v) is 2.47. The molecule has 20 heavy (non-hydrogen) atoms. The van der Waals surface area contributed by atoms with Crippen molar-refractivity contribution in [1.82, 2.24) is 0 Å². The molecule has 0 radical (unpaired) electrons. The molecule has 9 heteroatoms. The lowest BCUT2D eigenvalue weighted by Gasteiger charge is -2.17. The Kier molecular flexibility index (Phi) is 5.28. The van der Waals surface area contributed by atoms with E-state index in [1.54, 1.807) is 0 Å². The molecular formula is C11H13F3N2O4. The Hall–Kier alpha value is -1.87. The van der Waals surface area contributed by atoms with Crippen LogP contribution in [0.1, 0.15) is 5.56 Å². The lowest BCUT2D eigenvalue weighted by Crippen LogP contribution is -2.29. The topological polar surface area (TPSA) is 84.6 Å². The van der Waals surface area contributed by atoms with E-state index >= 15 is 0 Å². The predicted octanol–water partition coefficient (Wildman–Crippen LogP) is 2.03. The summed E-state index contributed by atoms with van der Waals surface area (Å²) in [5.74, 6) is 0. The first-order valence-electron chi connectivity index (χ1n) is 5.51. The Labute approximate surface area is 112 Å². The van der Waals surface area contributed by atoms with Crippen LogP contribution in [-0.2, 0) is 10.9 Å². The van der Waals surface area contributed by atoms with E-state index in [1.165, 1.54) is 7.11 Å². The van der Waals surface area contributed by atoms with E-state index in [4.69, 9.17) is 9.84 Å². The van der Waals surface area contributed by atoms with Crippen LogP contribution < -0.4 is 5.32 Å². The average Bonchev–Trinajstić information content (AvgIpc) is 2.36. The lowest BCUT2D eigenvalue weighted by atomic mass is 10.1. The van der Waals surface area contributed by atoms with Gasteiger partial charge < -0.3 is 15.2 Å². The Morgan fingerprint density at radius 3 is 2.60 bits per heavy atom. The van der Waals surface area contributed by atoms with E-state index in [0.717, 1.165) is 12.1 Å². The molecule has 1 rings (SSSR count). The van der Waals surface area contributed by atoms with Crippen LogP contribution in [0.5, 0.6) is 0 Å². The van der Waals surface area contributed by atoms with Crippen LogP contribution in [0.4, 0.5) is 24.5 Å². The SMILES string of the molecule is COCC(CO)Nc1ccc(C(F)(F)F)cc1[N+](=O)[O-]. The van der Waals surface area contributed by atoms with Crippen molar-refractivity contribution in [1.29, 1.82) is 0 Å². The summed E-state index contributed by atoms with van der Waals surface area (Å²) >= 11 is 0. The van der Waals surface area contributed by atoms with Crippen molar-refractivity contribution in [3.05, 3.63) is 33.9 Å². The maximum absolute atomic E-state index is 12.5. The second-order valence-corrected chi connectivity index (χ2v) is 3.97. The number of nitrogens with zero attached hydrogens (tertiary/aromatic N) is 1. The second kappa shape index (κ2) is 6.53. The van der Waals surface area contributed by atoms with Gasteiger partial charge in [-0.1, -0.05) is 0 Å². The zero-order valence-electron chi connectivity index (χ0n) is 10.5. The summed E-state index contributed by atoms with van der Waals surface area (Å²) in [6, 6.07) is 1.48. The first-order chi connectivity index (χ1) is 9.29. The minimum atomic E-state index is -4.66. The fourth-order valence-corrected chi connectivity index (χ4v) is 1.54. The van der Waals surface area contributed by atoms with Gasteiger partial charge in [0, 0.05) is 13.2 Å². The number of aliphatic hydroxyl groups is 1. The van der Waals surface area contributed by atoms with Crippen molar-refractivity contribution in [3.63, 3.8) is 0 Å². The van der Waals surface area contributed by atoms with Gasteiger partial charge in [-0.05, 0) is 12.1 Å². The van der Waals surface area contributed by atoms with E-state index in [-0.39, 0.29) is 18.9 Å². The molecule has 6 nitrogen and oxygen atoms in total. The largest absolute Gasteiger partial charge is 0.416 e. The van der Waals surface area contributed by atoms with E-state index in [0.29, 0.717) is 6.07 Å². The molecule has 0 amide bonds. The number of nitro groups is 1. The fourth-order valence-electron chi connectivity index (χ4n) is 1.54. The number of aliphatic hydroxyl groups excluding tert-OH is 1. The number of anilines is 1. The summed E-state index contributed by atoms with van der Waals surface area (Å²) in [5.41, 5.74) is -1.93. The van der Waals surface area contributed by atoms with Gasteiger partial charge in [-0.2, -0.15) is 13.2 Å². The van der Waals surface area contributed by atoms with Gasteiger partial charge in [0.1, 0.15) is 5.69 Å². The Bertz CT molecular complexity index is 479. The second-order valence-electron chi connectivity index (χ2n) is 3.97. The number of methoxy groups -OCH3 is 1. The Balaban J connectivity index is 3.10. The summed E-state index contributed by atoms with van der Waals surface area (Å²) in [6.07, 6.45) is -4.66. The van der Waals surface area contributed by atoms with Crippen LogP contribution in [0, 0.1) is 10.1 Å². The fraction of sp³-hybridized carbons (Fsp3) is 0.455. The molecule has 0 spiro atoms. The molecule has 0 saturated carbocycles. The predicted molar refractivity (Wildman–Crippen MR) is 64.5 cm³/mol. The minimum Gasteiger partial charge on any atom is -0.394 e. The van der Waals surface area contributed by atoms with Gasteiger partial charge in [0.15, 0.2) is 0 Å². The molecule has 112 valence electrons. The Morgan fingerprint density at radius 2 is 2.15 bits per heavy atom. The van der Waals surface area contributed by atoms with Gasteiger partial charge in [-0.25, -0.2) is 0 Å². The number of alkyl halides is 3. The van der Waals surface area contributed by atoms with Gasteiger partial charge in [0.25, 0.3) is 5.69 Å². The highest BCUT2D eigenvalue weighted by Crippen LogP contribution is 2.35. The smallest absolute Gasteiger partial charge is 0.394 e. The summed E-state index contributed by atoms with van der Waals surface area (Å²) in [6.45, 7) is -0.333. The monoisotopic (exact) mass is 294 g/mol. The van der Waals surface area contributed by atoms with E-state index in [9.17, 15) is 23.3 Å². The molecule has 0 fully saturated rings. The summed E-state index contributed by atoms with van der Waals surface area (Å²) < 4.78 is 42.3. The van der Waals surface area contributed by atoms with Crippen LogP contribution in [-0.4, -0.2) is 36.4 Å². The lowest BCUT2D eigenvalue weighted by molar-refractivity contribution is -0.384. The van der Waals surface area contributed by atoms with E-state index < -0.39 is 28.4 Å². The molecule has 0 saturated heterocycles. The van der Waals surface area contributed by atoms with Crippen molar-refractivity contribution in [2.75, 3.05) is 25.6 Å². The number of halogens is 3. The average molecular weight is 294 g/mol. The quantitative estimate of drug-likeness (QED) is 0.619. The molecule has 0 bridgehead atoms. The first-order valence-corrected chi connectivity index (χ1v) is 5.51. The molecule has 1 atom stereocenters. The van der Waals surface area contributed by atoms with Crippen molar-refractivity contribution >= 4 is 11.4 Å². The number of benzene rings is 1. The molecule has 0 aliphatic carbocycles. The standard InChI is InChI=1S/C11H13F3N2O4/c1-20-6-8(5-17)15-9-3-2-7(11(12,13)14)4-10(9)16(18)19/h2-4,8,15,17H,5-6H2,1H3. The van der Waals surface area contributed by atoms with Crippen molar-refractivity contribution in [2.24, 2.45) is 0 Å². The van der Waals surface area contributed by atoms with Crippen LogP contribution in [0.15, 0.2) is 18.2 Å². The van der Waals surface area contributed by atoms with Gasteiger partial charge in [0.05, 0.1) is 29.7 Å². The van der Waals surface area contributed by atoms with Crippen LogP contribution in [0.25, 0.3) is 0 Å². The zero-order chi connectivity index (χ0) is 15.3. The summed E-state index contributed by atoms with van der Waals surface area (Å²) in [5, 5.41) is 22.4. The number of hydrogen-bond acceptors (Lipinski definition) is 5. The number of rotatable bonds is 6. The number of nitrogens with one attached hydrogen (secondary N) is 1. The van der Waals surface area contributed by atoms with E-state index in [1.807, 2.05) is 0 Å². The highest BCUT2D eigenvalue weighted by molar-refractivity contribution is 5.63. The molecule has 0 aromatic heterocycles. The number of ether oxygens (including phenoxy) is 1. The first kappa shape index (κ1) is 16.2. The molecule has 2 N–H and O–H groups in total. The Morgan fingerprint density at radius 1 is 1.50 bits per heavy atom. The third-order valence-electron chi connectivity index (χ3n) is 2.47. The van der Waals surface area contributed by atoms with Crippen molar-refractivity contribution < 1.29 is 27.9 Å².